The summed E-state index contributed by atoms with van der Waals surface area (Å²) in [6, 6.07) is 9.19. The first kappa shape index (κ1) is 17.4. The van der Waals surface area contributed by atoms with Crippen molar-refractivity contribution in [2.75, 3.05) is 0 Å². The molecule has 2 aromatic heterocycles. The Morgan fingerprint density at radius 3 is 2.38 bits per heavy atom. The molecule has 126 valence electrons. The van der Waals surface area contributed by atoms with E-state index >= 15 is 0 Å². The third-order valence-electron chi connectivity index (χ3n) is 4.06. The quantitative estimate of drug-likeness (QED) is 0.694. The van der Waals surface area contributed by atoms with Crippen LogP contribution in [0.4, 0.5) is 0 Å². The van der Waals surface area contributed by atoms with Gasteiger partial charge in [-0.3, -0.25) is 0 Å². The number of nitrogens with one attached hydrogen (secondary N) is 1. The van der Waals surface area contributed by atoms with Crippen LogP contribution in [0.25, 0.3) is 0 Å². The second-order valence-corrected chi connectivity index (χ2v) is 9.27. The van der Waals surface area contributed by atoms with Crippen molar-refractivity contribution in [3.8, 4) is 0 Å². The van der Waals surface area contributed by atoms with Gasteiger partial charge in [-0.1, -0.05) is 12.1 Å². The molecule has 0 spiro atoms. The molecule has 0 amide bonds. The van der Waals surface area contributed by atoms with E-state index in [4.69, 9.17) is 0 Å². The largest absolute Gasteiger partial charge is 0.241 e. The van der Waals surface area contributed by atoms with Gasteiger partial charge in [0.2, 0.25) is 10.0 Å². The van der Waals surface area contributed by atoms with E-state index in [1.54, 1.807) is 28.7 Å². The molecule has 3 rings (SSSR count). The first-order chi connectivity index (χ1) is 11.4. The molecule has 0 bridgehead atoms. The molecule has 0 saturated heterocycles. The molecular weight excluding hydrogens is 358 g/mol. The zero-order valence-electron chi connectivity index (χ0n) is 13.7. The Morgan fingerprint density at radius 2 is 1.75 bits per heavy atom. The average Bonchev–Trinajstić information content (AvgIpc) is 3.21. The van der Waals surface area contributed by atoms with E-state index in [2.05, 4.69) is 4.72 Å². The maximum Gasteiger partial charge on any atom is 0.241 e. The molecule has 1 N–H and O–H groups in total. The lowest BCUT2D eigenvalue weighted by Gasteiger charge is -2.18. The molecule has 0 aliphatic heterocycles. The van der Waals surface area contributed by atoms with E-state index < -0.39 is 10.0 Å². The lowest BCUT2D eigenvalue weighted by molar-refractivity contribution is 0.572. The van der Waals surface area contributed by atoms with Crippen LogP contribution < -0.4 is 4.72 Å². The minimum atomic E-state index is -3.62. The zero-order valence-corrected chi connectivity index (χ0v) is 16.2. The molecule has 1 aromatic carbocycles. The number of rotatable bonds is 5. The summed E-state index contributed by atoms with van der Waals surface area (Å²) in [5, 5.41) is 5.91. The van der Waals surface area contributed by atoms with E-state index in [0.717, 1.165) is 27.1 Å². The molecule has 3 nitrogen and oxygen atoms in total. The first-order valence-corrected chi connectivity index (χ1v) is 10.8. The Hall–Kier alpha value is -1.47. The highest BCUT2D eigenvalue weighted by Gasteiger charge is 2.25. The fraction of sp³-hybridized carbons (Fsp3) is 0.222. The van der Waals surface area contributed by atoms with Crippen LogP contribution in [0.5, 0.6) is 0 Å². The van der Waals surface area contributed by atoms with Crippen LogP contribution in [0.1, 0.15) is 33.2 Å². The molecule has 0 aliphatic carbocycles. The maximum absolute atomic E-state index is 13.0. The van der Waals surface area contributed by atoms with Crippen molar-refractivity contribution in [3.05, 3.63) is 73.6 Å². The second kappa shape index (κ2) is 6.80. The van der Waals surface area contributed by atoms with Crippen molar-refractivity contribution in [3.63, 3.8) is 0 Å². The summed E-state index contributed by atoms with van der Waals surface area (Å²) in [6.07, 6.45) is 0. The first-order valence-electron chi connectivity index (χ1n) is 7.54. The highest BCUT2D eigenvalue weighted by atomic mass is 32.2. The van der Waals surface area contributed by atoms with Crippen LogP contribution in [-0.4, -0.2) is 8.42 Å². The van der Waals surface area contributed by atoms with Crippen molar-refractivity contribution in [2.24, 2.45) is 0 Å². The van der Waals surface area contributed by atoms with E-state index in [0.29, 0.717) is 4.90 Å². The SMILES string of the molecule is Cc1cc(C)c(S(=O)(=O)NC(c2ccsc2)c2cccs2)cc1C. The van der Waals surface area contributed by atoms with E-state index in [1.807, 2.05) is 61.2 Å². The van der Waals surface area contributed by atoms with Crippen molar-refractivity contribution in [2.45, 2.75) is 31.7 Å². The summed E-state index contributed by atoms with van der Waals surface area (Å²) in [5.74, 6) is 0. The van der Waals surface area contributed by atoms with Gasteiger partial charge in [-0.2, -0.15) is 16.1 Å². The summed E-state index contributed by atoms with van der Waals surface area (Å²) in [7, 11) is -3.62. The van der Waals surface area contributed by atoms with Crippen molar-refractivity contribution >= 4 is 32.7 Å². The molecule has 0 aliphatic rings. The molecule has 24 heavy (non-hydrogen) atoms. The van der Waals surface area contributed by atoms with Gasteiger partial charge in [-0.15, -0.1) is 11.3 Å². The van der Waals surface area contributed by atoms with Crippen LogP contribution in [0.3, 0.4) is 0 Å². The lowest BCUT2D eigenvalue weighted by Crippen LogP contribution is -2.29. The number of hydrogen-bond acceptors (Lipinski definition) is 4. The van der Waals surface area contributed by atoms with Crippen LogP contribution in [-0.2, 0) is 10.0 Å². The summed E-state index contributed by atoms with van der Waals surface area (Å²) < 4.78 is 28.9. The summed E-state index contributed by atoms with van der Waals surface area (Å²) in [4.78, 5) is 1.33. The number of thiophene rings is 2. The van der Waals surface area contributed by atoms with Crippen LogP contribution >= 0.6 is 22.7 Å². The van der Waals surface area contributed by atoms with E-state index in [1.165, 1.54) is 0 Å². The minimum Gasteiger partial charge on any atom is -0.207 e. The number of hydrogen-bond donors (Lipinski definition) is 1. The van der Waals surface area contributed by atoms with Crippen LogP contribution in [0.2, 0.25) is 0 Å². The standard InChI is InChI=1S/C18H19NO2S3/c1-12-9-14(3)17(10-13(12)2)24(20,21)19-18(15-6-8-22-11-15)16-5-4-7-23-16/h4-11,18-19H,1-3H3. The van der Waals surface area contributed by atoms with Gasteiger partial charge in [-0.05, 0) is 77.4 Å². The van der Waals surface area contributed by atoms with Gasteiger partial charge in [0, 0.05) is 4.88 Å². The van der Waals surface area contributed by atoms with Gasteiger partial charge < -0.3 is 0 Å². The third kappa shape index (κ3) is 3.47. The monoisotopic (exact) mass is 377 g/mol. The van der Waals surface area contributed by atoms with E-state index in [-0.39, 0.29) is 6.04 Å². The minimum absolute atomic E-state index is 0.349. The van der Waals surface area contributed by atoms with Crippen molar-refractivity contribution in [1.29, 1.82) is 0 Å². The molecule has 0 radical (unpaired) electrons. The Morgan fingerprint density at radius 1 is 1.00 bits per heavy atom. The highest BCUT2D eigenvalue weighted by molar-refractivity contribution is 7.89. The van der Waals surface area contributed by atoms with Gasteiger partial charge in [0.1, 0.15) is 0 Å². The predicted molar refractivity (Wildman–Crippen MR) is 101 cm³/mol. The van der Waals surface area contributed by atoms with Gasteiger partial charge in [0.15, 0.2) is 0 Å². The molecule has 2 heterocycles. The third-order valence-corrected chi connectivity index (χ3v) is 7.26. The number of sulfonamides is 1. The molecule has 3 aromatic rings. The predicted octanol–water partition coefficient (Wildman–Crippen LogP) is 4.80. The Bertz CT molecular complexity index is 893. The van der Waals surface area contributed by atoms with Gasteiger partial charge in [-0.25, -0.2) is 8.42 Å². The highest BCUT2D eigenvalue weighted by Crippen LogP contribution is 2.30. The van der Waals surface area contributed by atoms with E-state index in [9.17, 15) is 8.42 Å². The van der Waals surface area contributed by atoms with Gasteiger partial charge in [0.05, 0.1) is 10.9 Å². The van der Waals surface area contributed by atoms with Gasteiger partial charge in [0.25, 0.3) is 0 Å². The molecule has 1 atom stereocenters. The Kier molecular flexibility index (Phi) is 4.92. The Balaban J connectivity index is 2.02. The molecule has 1 unspecified atom stereocenters. The van der Waals surface area contributed by atoms with Crippen LogP contribution in [0, 0.1) is 20.8 Å². The Labute approximate surface area is 151 Å². The average molecular weight is 378 g/mol. The lowest BCUT2D eigenvalue weighted by atomic mass is 10.1. The molecular formula is C18H19NO2S3. The second-order valence-electron chi connectivity index (χ2n) is 5.83. The molecule has 0 fully saturated rings. The maximum atomic E-state index is 13.0. The summed E-state index contributed by atoms with van der Waals surface area (Å²) in [5.41, 5.74) is 3.80. The van der Waals surface area contributed by atoms with Crippen LogP contribution in [0.15, 0.2) is 51.4 Å². The zero-order chi connectivity index (χ0) is 17.3. The summed E-state index contributed by atoms with van der Waals surface area (Å²) >= 11 is 3.12. The fourth-order valence-corrected chi connectivity index (χ4v) is 5.71. The summed E-state index contributed by atoms with van der Waals surface area (Å²) in [6.45, 7) is 5.77. The smallest absolute Gasteiger partial charge is 0.207 e. The van der Waals surface area contributed by atoms with Crippen molar-refractivity contribution < 1.29 is 8.42 Å². The normalized spacial score (nSPS) is 13.1. The number of aryl methyl sites for hydroxylation is 3. The van der Waals surface area contributed by atoms with Gasteiger partial charge >= 0.3 is 0 Å². The molecule has 0 saturated carbocycles. The fourth-order valence-electron chi connectivity index (χ4n) is 2.63. The van der Waals surface area contributed by atoms with Crippen molar-refractivity contribution in [1.82, 2.24) is 4.72 Å². The molecule has 6 heteroatoms. The topological polar surface area (TPSA) is 46.2 Å². The number of benzene rings is 1.